The fraction of sp³-hybridized carbons (Fsp3) is 0.0769. The fourth-order valence-electron chi connectivity index (χ4n) is 1.23. The van der Waals surface area contributed by atoms with E-state index in [4.69, 9.17) is 0 Å². The number of aryl methyl sites for hydroxylation is 1. The van der Waals surface area contributed by atoms with Crippen LogP contribution in [0.3, 0.4) is 0 Å². The van der Waals surface area contributed by atoms with Crippen LogP contribution in [0.4, 0.5) is 0 Å². The molecule has 0 bridgehead atoms. The van der Waals surface area contributed by atoms with Gasteiger partial charge in [0.15, 0.2) is 0 Å². The van der Waals surface area contributed by atoms with Gasteiger partial charge in [-0.05, 0) is 36.8 Å². The Balaban J connectivity index is 2.24. The summed E-state index contributed by atoms with van der Waals surface area (Å²) in [5, 5.41) is 0. The molecule has 0 unspecified atom stereocenters. The molecule has 0 amide bonds. The van der Waals surface area contributed by atoms with Crippen LogP contribution < -0.4 is 0 Å². The topological polar surface area (TPSA) is 0 Å². The molecule has 0 nitrogen and oxygen atoms in total. The normalized spacial score (nSPS) is 10.1. The summed E-state index contributed by atoms with van der Waals surface area (Å²) in [7, 11) is 0. The van der Waals surface area contributed by atoms with Gasteiger partial charge in [-0.1, -0.05) is 42.1 Å². The molecule has 0 aliphatic carbocycles. The van der Waals surface area contributed by atoms with Crippen molar-refractivity contribution in [1.82, 2.24) is 0 Å². The van der Waals surface area contributed by atoms with Crippen LogP contribution in [0.1, 0.15) is 5.56 Å². The number of benzene rings is 2. The van der Waals surface area contributed by atoms with E-state index < -0.39 is 0 Å². The van der Waals surface area contributed by atoms with E-state index in [1.807, 2.05) is 18.2 Å². The molecule has 0 aliphatic rings. The summed E-state index contributed by atoms with van der Waals surface area (Å²) in [5.74, 6) is 0. The Bertz CT molecular complexity index is 407. The van der Waals surface area contributed by atoms with Gasteiger partial charge in [-0.25, -0.2) is 0 Å². The smallest absolute Gasteiger partial charge is 0.0152 e. The molecule has 2 aromatic rings. The summed E-state index contributed by atoms with van der Waals surface area (Å²) in [4.78, 5) is 2.58. The summed E-state index contributed by atoms with van der Waals surface area (Å²) >= 11 is 1.79. The van der Waals surface area contributed by atoms with E-state index in [2.05, 4.69) is 43.3 Å². The van der Waals surface area contributed by atoms with Crippen LogP contribution in [0, 0.1) is 13.0 Å². The highest BCUT2D eigenvalue weighted by Gasteiger charge is 1.98. The molecule has 2 rings (SSSR count). The zero-order valence-electron chi connectivity index (χ0n) is 8.03. The van der Waals surface area contributed by atoms with Gasteiger partial charge in [0.25, 0.3) is 0 Å². The van der Waals surface area contributed by atoms with Gasteiger partial charge in [-0.15, -0.1) is 0 Å². The molecule has 0 heterocycles. The Kier molecular flexibility index (Phi) is 2.90. The Morgan fingerprint density at radius 2 is 1.86 bits per heavy atom. The van der Waals surface area contributed by atoms with Crippen molar-refractivity contribution < 1.29 is 0 Å². The first-order valence-electron chi connectivity index (χ1n) is 4.56. The predicted molar refractivity (Wildman–Crippen MR) is 60.6 cm³/mol. The second-order valence-corrected chi connectivity index (χ2v) is 4.22. The molecule has 1 radical (unpaired) electrons. The second-order valence-electron chi connectivity index (χ2n) is 3.11. The third kappa shape index (κ3) is 2.18. The van der Waals surface area contributed by atoms with E-state index in [1.165, 1.54) is 15.4 Å². The van der Waals surface area contributed by atoms with E-state index in [1.54, 1.807) is 11.8 Å². The van der Waals surface area contributed by atoms with E-state index in [9.17, 15) is 0 Å². The summed E-state index contributed by atoms with van der Waals surface area (Å²) in [6, 6.07) is 19.6. The maximum Gasteiger partial charge on any atom is 0.0152 e. The lowest BCUT2D eigenvalue weighted by Gasteiger charge is -2.03. The monoisotopic (exact) mass is 199 g/mol. The molecule has 0 fully saturated rings. The third-order valence-electron chi connectivity index (χ3n) is 1.99. The van der Waals surface area contributed by atoms with Crippen molar-refractivity contribution in [3.8, 4) is 0 Å². The molecule has 0 spiro atoms. The molecular weight excluding hydrogens is 188 g/mol. The first-order chi connectivity index (χ1) is 6.86. The van der Waals surface area contributed by atoms with Gasteiger partial charge >= 0.3 is 0 Å². The van der Waals surface area contributed by atoms with Gasteiger partial charge in [-0.2, -0.15) is 0 Å². The standard InChI is InChI=1S/C13H11S/c1-11-7-5-6-10-13(11)14-12-8-3-2-4-9-12/h2-4,6-10H,1H3. The van der Waals surface area contributed by atoms with Crippen molar-refractivity contribution in [2.75, 3.05) is 0 Å². The highest BCUT2D eigenvalue weighted by Crippen LogP contribution is 2.29. The van der Waals surface area contributed by atoms with Gasteiger partial charge in [0.05, 0.1) is 0 Å². The predicted octanol–water partition coefficient (Wildman–Crippen LogP) is 3.95. The van der Waals surface area contributed by atoms with Crippen LogP contribution in [0.5, 0.6) is 0 Å². The average molecular weight is 199 g/mol. The third-order valence-corrected chi connectivity index (χ3v) is 3.18. The Hall–Kier alpha value is -1.21. The largest absolute Gasteiger partial charge is 0.0898 e. The quantitative estimate of drug-likeness (QED) is 0.705. The van der Waals surface area contributed by atoms with Crippen molar-refractivity contribution >= 4 is 11.8 Å². The molecule has 14 heavy (non-hydrogen) atoms. The van der Waals surface area contributed by atoms with E-state index in [0.29, 0.717) is 0 Å². The highest BCUT2D eigenvalue weighted by molar-refractivity contribution is 7.99. The molecule has 0 aromatic heterocycles. The second kappa shape index (κ2) is 4.34. The fourth-order valence-corrected chi connectivity index (χ4v) is 2.13. The van der Waals surface area contributed by atoms with Crippen LogP contribution in [0.25, 0.3) is 0 Å². The minimum atomic E-state index is 1.28. The molecule has 0 aliphatic heterocycles. The van der Waals surface area contributed by atoms with Crippen LogP contribution in [-0.4, -0.2) is 0 Å². The lowest BCUT2D eigenvalue weighted by molar-refractivity contribution is 1.29. The van der Waals surface area contributed by atoms with Crippen molar-refractivity contribution in [2.45, 2.75) is 16.7 Å². The van der Waals surface area contributed by atoms with Crippen LogP contribution in [0.15, 0.2) is 58.3 Å². The molecule has 0 saturated heterocycles. The minimum Gasteiger partial charge on any atom is -0.0898 e. The molecule has 2 aromatic carbocycles. The van der Waals surface area contributed by atoms with Gasteiger partial charge in [0.1, 0.15) is 0 Å². The number of hydrogen-bond acceptors (Lipinski definition) is 1. The Morgan fingerprint density at radius 3 is 2.57 bits per heavy atom. The van der Waals surface area contributed by atoms with Crippen molar-refractivity contribution in [1.29, 1.82) is 0 Å². The minimum absolute atomic E-state index is 1.28. The van der Waals surface area contributed by atoms with Gasteiger partial charge < -0.3 is 0 Å². The van der Waals surface area contributed by atoms with E-state index >= 15 is 0 Å². The summed E-state index contributed by atoms with van der Waals surface area (Å²) in [5.41, 5.74) is 1.28. The maximum atomic E-state index is 3.07. The van der Waals surface area contributed by atoms with Crippen LogP contribution >= 0.6 is 11.8 Å². The first kappa shape index (κ1) is 9.35. The van der Waals surface area contributed by atoms with E-state index in [-0.39, 0.29) is 0 Å². The molecule has 69 valence electrons. The summed E-state index contributed by atoms with van der Waals surface area (Å²) < 4.78 is 0. The zero-order chi connectivity index (χ0) is 9.80. The van der Waals surface area contributed by atoms with Crippen molar-refractivity contribution in [3.63, 3.8) is 0 Å². The maximum absolute atomic E-state index is 3.07. The highest BCUT2D eigenvalue weighted by atomic mass is 32.2. The lowest BCUT2D eigenvalue weighted by Crippen LogP contribution is -1.78. The van der Waals surface area contributed by atoms with Gasteiger partial charge in [0, 0.05) is 9.79 Å². The lowest BCUT2D eigenvalue weighted by atomic mass is 10.2. The molecule has 0 atom stereocenters. The number of rotatable bonds is 2. The first-order valence-corrected chi connectivity index (χ1v) is 5.37. The van der Waals surface area contributed by atoms with Crippen molar-refractivity contribution in [2.24, 2.45) is 0 Å². The van der Waals surface area contributed by atoms with Gasteiger partial charge in [0.2, 0.25) is 0 Å². The van der Waals surface area contributed by atoms with Crippen LogP contribution in [-0.2, 0) is 0 Å². The van der Waals surface area contributed by atoms with Gasteiger partial charge in [-0.3, -0.25) is 0 Å². The molecule has 1 heteroatoms. The Labute approximate surface area is 89.0 Å². The molecular formula is C13H11S. The van der Waals surface area contributed by atoms with Crippen LogP contribution in [0.2, 0.25) is 0 Å². The zero-order valence-corrected chi connectivity index (χ0v) is 8.84. The molecule has 0 N–H and O–H groups in total. The van der Waals surface area contributed by atoms with E-state index in [0.717, 1.165) is 0 Å². The average Bonchev–Trinajstić information content (AvgIpc) is 2.23. The molecule has 0 saturated carbocycles. The van der Waals surface area contributed by atoms with Crippen molar-refractivity contribution in [3.05, 3.63) is 60.2 Å². The Morgan fingerprint density at radius 1 is 1.07 bits per heavy atom. The summed E-state index contributed by atoms with van der Waals surface area (Å²) in [6.07, 6.45) is 0. The SMILES string of the molecule is Cc1c[c]ccc1Sc1ccccc1. The number of hydrogen-bond donors (Lipinski definition) is 0. The summed E-state index contributed by atoms with van der Waals surface area (Å²) in [6.45, 7) is 2.11.